The van der Waals surface area contributed by atoms with Gasteiger partial charge in [0.25, 0.3) is 0 Å². The highest BCUT2D eigenvalue weighted by Crippen LogP contribution is 2.42. The zero-order chi connectivity index (χ0) is 23.2. The first kappa shape index (κ1) is 24.3. The highest BCUT2D eigenvalue weighted by Gasteiger charge is 2.56. The van der Waals surface area contributed by atoms with Crippen LogP contribution in [0, 0.1) is 0 Å². The molecule has 31 heavy (non-hydrogen) atoms. The van der Waals surface area contributed by atoms with Crippen LogP contribution in [0.1, 0.15) is 80.1 Å². The van der Waals surface area contributed by atoms with E-state index in [0.29, 0.717) is 6.61 Å². The summed E-state index contributed by atoms with van der Waals surface area (Å²) in [6, 6.07) is 7.89. The minimum absolute atomic E-state index is 0.140. The van der Waals surface area contributed by atoms with Gasteiger partial charge in [-0.15, -0.1) is 0 Å². The van der Waals surface area contributed by atoms with Crippen LogP contribution in [-0.4, -0.2) is 49.2 Å². The molecule has 2 heterocycles. The fraction of sp³-hybridized carbons (Fsp3) is 0.696. The normalized spacial score (nSPS) is 24.3. The molecular weight excluding hydrogens is 394 g/mol. The molecule has 2 fully saturated rings. The van der Waals surface area contributed by atoms with Crippen molar-refractivity contribution >= 4 is 25.7 Å². The maximum atomic E-state index is 12.5. The Morgan fingerprint density at radius 1 is 0.871 bits per heavy atom. The van der Waals surface area contributed by atoms with Gasteiger partial charge in [-0.25, -0.2) is 0 Å². The molecule has 3 rings (SSSR count). The van der Waals surface area contributed by atoms with Crippen molar-refractivity contribution in [3.63, 3.8) is 0 Å². The van der Waals surface area contributed by atoms with Crippen LogP contribution in [0.5, 0.6) is 0 Å². The van der Waals surface area contributed by atoms with E-state index in [9.17, 15) is 4.79 Å². The van der Waals surface area contributed by atoms with E-state index in [2.05, 4.69) is 0 Å². The second-order valence-corrected chi connectivity index (χ2v) is 10.5. The Hall–Kier alpha value is -1.34. The van der Waals surface area contributed by atoms with Crippen molar-refractivity contribution in [2.75, 3.05) is 6.61 Å². The summed E-state index contributed by atoms with van der Waals surface area (Å²) in [5.74, 6) is -0.652. The second kappa shape index (κ2) is 8.22. The largest absolute Gasteiger partial charge is 0.495 e. The summed E-state index contributed by atoms with van der Waals surface area (Å²) >= 11 is 0. The summed E-state index contributed by atoms with van der Waals surface area (Å²) in [5.41, 5.74) is -0.164. The molecule has 0 radical (unpaired) electrons. The Morgan fingerprint density at radius 3 is 1.87 bits per heavy atom. The van der Waals surface area contributed by atoms with Crippen LogP contribution in [-0.2, 0) is 28.1 Å². The molecule has 1 aromatic rings. The van der Waals surface area contributed by atoms with E-state index in [4.69, 9.17) is 23.4 Å². The lowest BCUT2D eigenvalue weighted by atomic mass is 9.61. The van der Waals surface area contributed by atoms with E-state index < -0.39 is 36.6 Å². The molecule has 2 aliphatic rings. The van der Waals surface area contributed by atoms with E-state index in [1.165, 1.54) is 0 Å². The molecule has 8 heteroatoms. The first-order valence-electron chi connectivity index (χ1n) is 11.2. The van der Waals surface area contributed by atoms with Gasteiger partial charge in [0.2, 0.25) is 0 Å². The lowest BCUT2D eigenvalue weighted by molar-refractivity contribution is -0.143. The highest BCUT2D eigenvalue weighted by molar-refractivity contribution is 6.63. The molecule has 0 saturated carbocycles. The maximum absolute atomic E-state index is 12.5. The number of hydrogen-bond acceptors (Lipinski definition) is 6. The van der Waals surface area contributed by atoms with E-state index in [-0.39, 0.29) is 18.2 Å². The van der Waals surface area contributed by atoms with E-state index >= 15 is 0 Å². The van der Waals surface area contributed by atoms with Crippen molar-refractivity contribution in [1.29, 1.82) is 0 Å². The Morgan fingerprint density at radius 2 is 1.35 bits per heavy atom. The van der Waals surface area contributed by atoms with Crippen LogP contribution in [0.25, 0.3) is 0 Å². The standard InChI is InChI=1S/C23H36B2O6/c1-10-27-19(26)15-18(25-30-22(6,7)23(8,9)31-25)16-13-11-12-14-17(16)24-28-20(2,3)21(4,5)29-24/h11-14,18H,10,15H2,1-9H3. The number of ether oxygens (including phenoxy) is 1. The molecular formula is C23H36B2O6. The van der Waals surface area contributed by atoms with Gasteiger partial charge in [0, 0.05) is 5.82 Å². The lowest BCUT2D eigenvalue weighted by Crippen LogP contribution is -2.41. The molecule has 1 atom stereocenters. The first-order valence-corrected chi connectivity index (χ1v) is 11.2. The predicted octanol–water partition coefficient (Wildman–Crippen LogP) is 3.65. The molecule has 2 aliphatic heterocycles. The number of rotatable bonds is 6. The summed E-state index contributed by atoms with van der Waals surface area (Å²) in [7, 11) is -1.15. The van der Waals surface area contributed by atoms with Crippen LogP contribution < -0.4 is 5.46 Å². The van der Waals surface area contributed by atoms with Gasteiger partial charge in [-0.05, 0) is 73.3 Å². The smallest absolute Gasteiger partial charge is 0.466 e. The van der Waals surface area contributed by atoms with Crippen molar-refractivity contribution in [1.82, 2.24) is 0 Å². The average Bonchev–Trinajstić information content (AvgIpc) is 2.99. The van der Waals surface area contributed by atoms with Gasteiger partial charge in [0.1, 0.15) is 0 Å². The Kier molecular flexibility index (Phi) is 6.44. The zero-order valence-corrected chi connectivity index (χ0v) is 20.4. The van der Waals surface area contributed by atoms with Gasteiger partial charge in [-0.2, -0.15) is 0 Å². The van der Waals surface area contributed by atoms with Crippen LogP contribution in [0.2, 0.25) is 0 Å². The van der Waals surface area contributed by atoms with Crippen molar-refractivity contribution in [2.24, 2.45) is 0 Å². The Bertz CT molecular complexity index is 788. The van der Waals surface area contributed by atoms with Gasteiger partial charge >= 0.3 is 20.2 Å². The Balaban J connectivity index is 2.00. The number of esters is 1. The fourth-order valence-corrected chi connectivity index (χ4v) is 3.84. The summed E-state index contributed by atoms with van der Waals surface area (Å²) in [6.07, 6.45) is 0.140. The molecule has 6 nitrogen and oxygen atoms in total. The van der Waals surface area contributed by atoms with Gasteiger partial charge < -0.3 is 23.4 Å². The third-order valence-electron chi connectivity index (χ3n) is 7.19. The third-order valence-corrected chi connectivity index (χ3v) is 7.19. The molecule has 0 bridgehead atoms. The molecule has 170 valence electrons. The van der Waals surface area contributed by atoms with Crippen molar-refractivity contribution in [2.45, 2.75) is 97.0 Å². The van der Waals surface area contributed by atoms with Gasteiger partial charge in [0.05, 0.1) is 35.4 Å². The number of carbonyl (C=O) groups excluding carboxylic acids is 1. The van der Waals surface area contributed by atoms with Crippen LogP contribution in [0.15, 0.2) is 24.3 Å². The molecule has 0 amide bonds. The summed E-state index contributed by atoms with van der Waals surface area (Å²) in [5, 5.41) is 0. The molecule has 1 aromatic carbocycles. The van der Waals surface area contributed by atoms with Crippen molar-refractivity contribution in [3.8, 4) is 0 Å². The predicted molar refractivity (Wildman–Crippen MR) is 122 cm³/mol. The van der Waals surface area contributed by atoms with Gasteiger partial charge in [-0.3, -0.25) is 4.79 Å². The monoisotopic (exact) mass is 430 g/mol. The number of hydrogen-bond donors (Lipinski definition) is 0. The second-order valence-electron chi connectivity index (χ2n) is 10.5. The highest BCUT2D eigenvalue weighted by atomic mass is 16.7. The number of carbonyl (C=O) groups is 1. The maximum Gasteiger partial charge on any atom is 0.495 e. The SMILES string of the molecule is CCOC(=O)CC(B1OC(C)(C)C(C)(C)O1)c1ccccc1B1OC(C)(C)C(C)(C)O1. The van der Waals surface area contributed by atoms with Gasteiger partial charge in [-0.1, -0.05) is 24.3 Å². The minimum Gasteiger partial charge on any atom is -0.466 e. The summed E-state index contributed by atoms with van der Waals surface area (Å²) in [4.78, 5) is 12.5. The van der Waals surface area contributed by atoms with Crippen molar-refractivity contribution in [3.05, 3.63) is 29.8 Å². The fourth-order valence-electron chi connectivity index (χ4n) is 3.84. The van der Waals surface area contributed by atoms with Crippen LogP contribution in [0.4, 0.5) is 0 Å². The molecule has 0 aromatic heterocycles. The molecule has 0 spiro atoms. The topological polar surface area (TPSA) is 63.2 Å². The molecule has 0 aliphatic carbocycles. The van der Waals surface area contributed by atoms with Crippen molar-refractivity contribution < 1.29 is 28.1 Å². The van der Waals surface area contributed by atoms with E-state index in [1.54, 1.807) is 6.92 Å². The summed E-state index contributed by atoms with van der Waals surface area (Å²) < 4.78 is 30.6. The molecule has 2 saturated heterocycles. The van der Waals surface area contributed by atoms with E-state index in [1.807, 2.05) is 79.7 Å². The average molecular weight is 430 g/mol. The quantitative estimate of drug-likeness (QED) is 0.507. The number of benzene rings is 1. The Labute approximate surface area is 187 Å². The van der Waals surface area contributed by atoms with Crippen LogP contribution in [0.3, 0.4) is 0 Å². The zero-order valence-electron chi connectivity index (χ0n) is 20.4. The van der Waals surface area contributed by atoms with Crippen LogP contribution >= 0.6 is 0 Å². The minimum atomic E-state index is -0.599. The first-order chi connectivity index (χ1) is 14.2. The van der Waals surface area contributed by atoms with E-state index in [0.717, 1.165) is 11.0 Å². The molecule has 0 N–H and O–H groups in total. The molecule has 1 unspecified atom stereocenters. The van der Waals surface area contributed by atoms with Gasteiger partial charge in [0.15, 0.2) is 0 Å². The lowest BCUT2D eigenvalue weighted by Gasteiger charge is -2.32. The third kappa shape index (κ3) is 4.58. The summed E-state index contributed by atoms with van der Waals surface area (Å²) in [6.45, 7) is 18.3.